The van der Waals surface area contributed by atoms with Crippen LogP contribution >= 0.6 is 0 Å². The second kappa shape index (κ2) is 8.97. The van der Waals surface area contributed by atoms with E-state index in [-0.39, 0.29) is 24.9 Å². The number of nitrogens with one attached hydrogen (secondary N) is 1. The summed E-state index contributed by atoms with van der Waals surface area (Å²) in [7, 11) is -3.57. The normalized spacial score (nSPS) is 17.5. The molecule has 1 saturated heterocycles. The Morgan fingerprint density at radius 1 is 1.07 bits per heavy atom. The molecule has 1 atom stereocenters. The van der Waals surface area contributed by atoms with Crippen LogP contribution in [0.25, 0.3) is 6.08 Å². The second-order valence-corrected chi connectivity index (χ2v) is 8.21. The van der Waals surface area contributed by atoms with Gasteiger partial charge < -0.3 is 4.90 Å². The Morgan fingerprint density at radius 3 is 2.44 bits per heavy atom. The minimum absolute atomic E-state index is 0.0175. The van der Waals surface area contributed by atoms with Crippen molar-refractivity contribution in [3.63, 3.8) is 0 Å². The number of benzene rings is 2. The molecular formula is C21H24N2O3S. The molecule has 1 heterocycles. The molecule has 142 valence electrons. The van der Waals surface area contributed by atoms with E-state index in [1.165, 1.54) is 6.08 Å². The third-order valence-electron chi connectivity index (χ3n) is 4.64. The van der Waals surface area contributed by atoms with E-state index in [0.29, 0.717) is 0 Å². The summed E-state index contributed by atoms with van der Waals surface area (Å²) in [6.07, 6.45) is 3.61. The quantitative estimate of drug-likeness (QED) is 0.796. The Hall–Kier alpha value is -2.44. The van der Waals surface area contributed by atoms with Crippen molar-refractivity contribution in [1.29, 1.82) is 0 Å². The summed E-state index contributed by atoms with van der Waals surface area (Å²) in [5.41, 5.74) is 1.94. The van der Waals surface area contributed by atoms with Crippen molar-refractivity contribution in [3.8, 4) is 0 Å². The van der Waals surface area contributed by atoms with E-state index in [1.807, 2.05) is 65.6 Å². The lowest BCUT2D eigenvalue weighted by atomic mass is 10.0. The van der Waals surface area contributed by atoms with E-state index in [2.05, 4.69) is 4.72 Å². The molecular weight excluding hydrogens is 360 g/mol. The first-order valence-corrected chi connectivity index (χ1v) is 10.7. The molecule has 0 saturated carbocycles. The third-order valence-corrected chi connectivity index (χ3v) is 5.74. The van der Waals surface area contributed by atoms with E-state index in [4.69, 9.17) is 0 Å². The van der Waals surface area contributed by atoms with Gasteiger partial charge in [0.15, 0.2) is 0 Å². The molecule has 1 aliphatic rings. The predicted octanol–water partition coefficient (Wildman–Crippen LogP) is 3.33. The van der Waals surface area contributed by atoms with Gasteiger partial charge in [0, 0.05) is 24.9 Å². The van der Waals surface area contributed by atoms with Gasteiger partial charge in [0.2, 0.25) is 15.9 Å². The molecule has 0 radical (unpaired) electrons. The number of nitrogens with zero attached hydrogens (tertiary/aromatic N) is 1. The molecule has 0 aromatic heterocycles. The number of hydrogen-bond donors (Lipinski definition) is 1. The lowest BCUT2D eigenvalue weighted by molar-refractivity contribution is -0.131. The number of sulfonamides is 1. The number of carbonyl (C=O) groups excluding carboxylic acids is 1. The van der Waals surface area contributed by atoms with E-state index >= 15 is 0 Å². The molecule has 27 heavy (non-hydrogen) atoms. The number of likely N-dealkylation sites (tertiary alicyclic amines) is 1. The predicted molar refractivity (Wildman–Crippen MR) is 107 cm³/mol. The lowest BCUT2D eigenvalue weighted by Gasteiger charge is -2.25. The Bertz CT molecular complexity index is 880. The van der Waals surface area contributed by atoms with Crippen LogP contribution in [0.3, 0.4) is 0 Å². The maximum absolute atomic E-state index is 12.6. The van der Waals surface area contributed by atoms with Crippen LogP contribution in [0.5, 0.6) is 0 Å². The van der Waals surface area contributed by atoms with Gasteiger partial charge in [0.25, 0.3) is 0 Å². The Balaban J connectivity index is 1.52. The van der Waals surface area contributed by atoms with Gasteiger partial charge in [0.1, 0.15) is 0 Å². The largest absolute Gasteiger partial charge is 0.336 e. The lowest BCUT2D eigenvalue weighted by Crippen LogP contribution is -2.33. The molecule has 1 amide bonds. The van der Waals surface area contributed by atoms with Crippen molar-refractivity contribution in [2.45, 2.75) is 25.3 Å². The zero-order valence-electron chi connectivity index (χ0n) is 15.1. The first-order chi connectivity index (χ1) is 13.1. The topological polar surface area (TPSA) is 66.5 Å². The van der Waals surface area contributed by atoms with Crippen molar-refractivity contribution < 1.29 is 13.2 Å². The fourth-order valence-corrected chi connectivity index (χ4v) is 4.13. The second-order valence-electron chi connectivity index (χ2n) is 6.56. The van der Waals surface area contributed by atoms with Gasteiger partial charge in [0.05, 0.1) is 6.04 Å². The molecule has 2 aromatic rings. The zero-order valence-corrected chi connectivity index (χ0v) is 15.9. The maximum Gasteiger partial charge on any atom is 0.233 e. The zero-order chi connectivity index (χ0) is 19.1. The van der Waals surface area contributed by atoms with Crippen LogP contribution < -0.4 is 4.72 Å². The molecule has 3 rings (SSSR count). The Kier molecular flexibility index (Phi) is 6.42. The highest BCUT2D eigenvalue weighted by atomic mass is 32.2. The molecule has 0 bridgehead atoms. The molecule has 1 N–H and O–H groups in total. The van der Waals surface area contributed by atoms with E-state index < -0.39 is 10.0 Å². The number of carbonyl (C=O) groups is 1. The van der Waals surface area contributed by atoms with Gasteiger partial charge in [-0.05, 0) is 30.0 Å². The number of hydrogen-bond acceptors (Lipinski definition) is 3. The minimum Gasteiger partial charge on any atom is -0.336 e. The summed E-state index contributed by atoms with van der Waals surface area (Å²) < 4.78 is 26.6. The Labute approximate surface area is 160 Å². The average Bonchev–Trinajstić information content (AvgIpc) is 3.18. The third kappa shape index (κ3) is 5.52. The van der Waals surface area contributed by atoms with Gasteiger partial charge in [-0.3, -0.25) is 4.79 Å². The van der Waals surface area contributed by atoms with Crippen molar-refractivity contribution in [2.24, 2.45) is 0 Å². The van der Waals surface area contributed by atoms with Crippen molar-refractivity contribution in [1.82, 2.24) is 9.62 Å². The molecule has 1 fully saturated rings. The summed E-state index contributed by atoms with van der Waals surface area (Å²) in [6.45, 7) is 0.817. The molecule has 6 heteroatoms. The molecule has 1 aliphatic heterocycles. The summed E-state index contributed by atoms with van der Waals surface area (Å²) in [5.74, 6) is -0.0175. The van der Waals surface area contributed by atoms with Crippen molar-refractivity contribution >= 4 is 22.0 Å². The van der Waals surface area contributed by atoms with Crippen LogP contribution in [-0.4, -0.2) is 32.3 Å². The fourth-order valence-electron chi connectivity index (χ4n) is 3.31. The fraction of sp³-hybridized carbons (Fsp3) is 0.286. The van der Waals surface area contributed by atoms with E-state index in [9.17, 15) is 13.2 Å². The highest BCUT2D eigenvalue weighted by Gasteiger charge is 2.29. The SMILES string of the molecule is O=C(CCNS(=O)(=O)/C=C/c1ccccc1)N1CCCC1c1ccccc1. The van der Waals surface area contributed by atoms with Crippen LogP contribution in [0.1, 0.15) is 36.4 Å². The van der Waals surface area contributed by atoms with Crippen molar-refractivity contribution in [2.75, 3.05) is 13.1 Å². The van der Waals surface area contributed by atoms with Crippen LogP contribution in [0.4, 0.5) is 0 Å². The van der Waals surface area contributed by atoms with Gasteiger partial charge in [-0.1, -0.05) is 60.7 Å². The summed E-state index contributed by atoms with van der Waals surface area (Å²) >= 11 is 0. The minimum atomic E-state index is -3.57. The van der Waals surface area contributed by atoms with Gasteiger partial charge in [-0.2, -0.15) is 0 Å². The molecule has 0 spiro atoms. The van der Waals surface area contributed by atoms with Crippen LogP contribution in [0.15, 0.2) is 66.1 Å². The monoisotopic (exact) mass is 384 g/mol. The number of amides is 1. The van der Waals surface area contributed by atoms with E-state index in [1.54, 1.807) is 0 Å². The summed E-state index contributed by atoms with van der Waals surface area (Å²) in [6, 6.07) is 19.3. The summed E-state index contributed by atoms with van der Waals surface area (Å²) in [4.78, 5) is 14.4. The first-order valence-electron chi connectivity index (χ1n) is 9.12. The van der Waals surface area contributed by atoms with Crippen molar-refractivity contribution in [3.05, 3.63) is 77.2 Å². The molecule has 2 aromatic carbocycles. The standard InChI is InChI=1S/C21H24N2O3S/c24-21(23-16-7-12-20(23)19-10-5-2-6-11-19)13-15-22-27(25,26)17-14-18-8-3-1-4-9-18/h1-6,8-11,14,17,20,22H,7,12-13,15-16H2/b17-14+. The average molecular weight is 385 g/mol. The highest BCUT2D eigenvalue weighted by Crippen LogP contribution is 2.32. The Morgan fingerprint density at radius 2 is 1.74 bits per heavy atom. The van der Waals surface area contributed by atoms with Gasteiger partial charge >= 0.3 is 0 Å². The smallest absolute Gasteiger partial charge is 0.233 e. The van der Waals surface area contributed by atoms with E-state index in [0.717, 1.165) is 35.9 Å². The maximum atomic E-state index is 12.6. The summed E-state index contributed by atoms with van der Waals surface area (Å²) in [5, 5.41) is 1.13. The van der Waals surface area contributed by atoms with Crippen LogP contribution in [0, 0.1) is 0 Å². The molecule has 5 nitrogen and oxygen atoms in total. The number of rotatable bonds is 7. The first kappa shape index (κ1) is 19.3. The molecule has 1 unspecified atom stereocenters. The van der Waals surface area contributed by atoms with Gasteiger partial charge in [-0.25, -0.2) is 13.1 Å². The highest BCUT2D eigenvalue weighted by molar-refractivity contribution is 7.92. The van der Waals surface area contributed by atoms with Crippen LogP contribution in [0.2, 0.25) is 0 Å². The van der Waals surface area contributed by atoms with Crippen LogP contribution in [-0.2, 0) is 14.8 Å². The van der Waals surface area contributed by atoms with Gasteiger partial charge in [-0.15, -0.1) is 0 Å². The molecule has 0 aliphatic carbocycles.